The van der Waals surface area contributed by atoms with Gasteiger partial charge in [-0.25, -0.2) is 0 Å². The number of hydrogen-bond donors (Lipinski definition) is 2. The van der Waals surface area contributed by atoms with Crippen LogP contribution in [0.5, 0.6) is 11.5 Å². The van der Waals surface area contributed by atoms with Crippen molar-refractivity contribution >= 4 is 0 Å². The van der Waals surface area contributed by atoms with Crippen LogP contribution in [0.25, 0.3) is 0 Å². The van der Waals surface area contributed by atoms with Crippen molar-refractivity contribution < 1.29 is 14.6 Å². The first kappa shape index (κ1) is 11.0. The lowest BCUT2D eigenvalue weighted by Gasteiger charge is -2.12. The van der Waals surface area contributed by atoms with Gasteiger partial charge in [0.25, 0.3) is 0 Å². The van der Waals surface area contributed by atoms with E-state index in [1.165, 1.54) is 0 Å². The molecule has 3 N–H and O–H groups in total. The highest BCUT2D eigenvalue weighted by molar-refractivity contribution is 5.51. The third-order valence-corrected chi connectivity index (χ3v) is 2.40. The molecule has 1 aliphatic heterocycles. The summed E-state index contributed by atoms with van der Waals surface area (Å²) in [6, 6.07) is 5.67. The van der Waals surface area contributed by atoms with E-state index in [1.807, 2.05) is 12.1 Å². The summed E-state index contributed by atoms with van der Waals surface area (Å²) in [4.78, 5) is 0. The first-order chi connectivity index (χ1) is 7.70. The van der Waals surface area contributed by atoms with Crippen molar-refractivity contribution in [1.29, 1.82) is 0 Å². The average Bonchev–Trinajstić information content (AvgIpc) is 2.66. The van der Waals surface area contributed by atoms with Gasteiger partial charge in [0.1, 0.15) is 18.5 Å². The molecule has 0 aromatic heterocycles. The summed E-state index contributed by atoms with van der Waals surface area (Å²) in [6.45, 7) is 4.13. The molecule has 16 heavy (non-hydrogen) atoms. The lowest BCUT2D eigenvalue weighted by atomic mass is 10.1. The Bertz CT molecular complexity index is 403. The summed E-state index contributed by atoms with van der Waals surface area (Å²) in [7, 11) is 0. The fourth-order valence-corrected chi connectivity index (χ4v) is 1.58. The molecule has 0 amide bonds. The van der Waals surface area contributed by atoms with E-state index in [4.69, 9.17) is 15.2 Å². The molecule has 0 saturated heterocycles. The van der Waals surface area contributed by atoms with Crippen LogP contribution in [0.2, 0.25) is 0 Å². The predicted octanol–water partition coefficient (Wildman–Crippen LogP) is 0.834. The Morgan fingerprint density at radius 1 is 1.56 bits per heavy atom. The molecule has 4 heteroatoms. The molecule has 1 aromatic carbocycles. The van der Waals surface area contributed by atoms with Crippen LogP contribution in [0.3, 0.4) is 0 Å². The number of allylic oxidation sites excluding steroid dienone is 1. The van der Waals surface area contributed by atoms with E-state index in [0.29, 0.717) is 23.7 Å². The zero-order valence-corrected chi connectivity index (χ0v) is 8.98. The summed E-state index contributed by atoms with van der Waals surface area (Å²) >= 11 is 0. The maximum atomic E-state index is 9.31. The molecule has 86 valence electrons. The van der Waals surface area contributed by atoms with E-state index in [1.54, 1.807) is 6.07 Å². The van der Waals surface area contributed by atoms with Gasteiger partial charge in [-0.05, 0) is 6.07 Å². The van der Waals surface area contributed by atoms with Gasteiger partial charge in [-0.15, -0.1) is 0 Å². The summed E-state index contributed by atoms with van der Waals surface area (Å²) in [5, 5.41) is 9.31. The van der Waals surface area contributed by atoms with Gasteiger partial charge in [0.15, 0.2) is 11.5 Å². The number of aliphatic hydroxyl groups excluding tert-OH is 1. The van der Waals surface area contributed by atoms with Crippen LogP contribution in [0.4, 0.5) is 0 Å². The largest absolute Gasteiger partial charge is 0.487 e. The van der Waals surface area contributed by atoms with Gasteiger partial charge < -0.3 is 20.3 Å². The first-order valence-corrected chi connectivity index (χ1v) is 5.19. The van der Waals surface area contributed by atoms with Crippen molar-refractivity contribution in [3.63, 3.8) is 0 Å². The normalized spacial score (nSPS) is 15.5. The zero-order valence-electron chi connectivity index (χ0n) is 8.98. The summed E-state index contributed by atoms with van der Waals surface area (Å²) in [5.74, 6) is 2.05. The van der Waals surface area contributed by atoms with E-state index < -0.39 is 6.10 Å². The van der Waals surface area contributed by atoms with Gasteiger partial charge in [0, 0.05) is 18.5 Å². The molecular weight excluding hydrogens is 206 g/mol. The van der Waals surface area contributed by atoms with Crippen molar-refractivity contribution in [3.8, 4) is 11.5 Å². The number of benzene rings is 1. The number of hydrogen-bond acceptors (Lipinski definition) is 4. The highest BCUT2D eigenvalue weighted by Crippen LogP contribution is 2.38. The number of fused-ring (bicyclic) bond motifs is 1. The lowest BCUT2D eigenvalue weighted by molar-refractivity contribution is 0.112. The first-order valence-electron chi connectivity index (χ1n) is 5.19. The molecule has 0 aliphatic carbocycles. The Balaban J connectivity index is 2.11. The van der Waals surface area contributed by atoms with Gasteiger partial charge in [-0.2, -0.15) is 0 Å². The third-order valence-electron chi connectivity index (χ3n) is 2.40. The fraction of sp³-hybridized carbons (Fsp3) is 0.333. The number of ether oxygens (including phenoxy) is 2. The smallest absolute Gasteiger partial charge is 0.172 e. The second-order valence-corrected chi connectivity index (χ2v) is 3.76. The predicted molar refractivity (Wildman–Crippen MR) is 60.5 cm³/mol. The molecule has 1 heterocycles. The van der Waals surface area contributed by atoms with Gasteiger partial charge in [-0.1, -0.05) is 18.7 Å². The molecule has 2 rings (SSSR count). The molecule has 0 fully saturated rings. The fourth-order valence-electron chi connectivity index (χ4n) is 1.58. The van der Waals surface area contributed by atoms with E-state index in [9.17, 15) is 5.11 Å². The van der Waals surface area contributed by atoms with E-state index >= 15 is 0 Å². The van der Waals surface area contributed by atoms with Gasteiger partial charge in [0.2, 0.25) is 0 Å². The Kier molecular flexibility index (Phi) is 3.12. The Labute approximate surface area is 94.3 Å². The van der Waals surface area contributed by atoms with Crippen LogP contribution in [-0.4, -0.2) is 24.4 Å². The van der Waals surface area contributed by atoms with E-state index in [2.05, 4.69) is 6.58 Å². The molecule has 1 aliphatic rings. The Hall–Kier alpha value is -1.52. The highest BCUT2D eigenvalue weighted by Gasteiger charge is 2.20. The standard InChI is InChI=1S/C12H15NO3/c1-8-5-9-3-2-4-11(12(9)16-8)15-7-10(14)6-13/h2-4,10,14H,1,5-7,13H2. The minimum atomic E-state index is -0.652. The van der Waals surface area contributed by atoms with E-state index in [-0.39, 0.29) is 13.2 Å². The van der Waals surface area contributed by atoms with Crippen LogP contribution >= 0.6 is 0 Å². The SMILES string of the molecule is C=C1Cc2cccc(OCC(O)CN)c2O1. The zero-order chi connectivity index (χ0) is 11.5. The summed E-state index contributed by atoms with van der Waals surface area (Å²) in [5.41, 5.74) is 6.36. The molecule has 0 bridgehead atoms. The van der Waals surface area contributed by atoms with Crippen molar-refractivity contribution in [1.82, 2.24) is 0 Å². The van der Waals surface area contributed by atoms with Crippen molar-refractivity contribution in [2.24, 2.45) is 5.73 Å². The topological polar surface area (TPSA) is 64.7 Å². The molecule has 4 nitrogen and oxygen atoms in total. The van der Waals surface area contributed by atoms with Gasteiger partial charge in [-0.3, -0.25) is 0 Å². The molecular formula is C12H15NO3. The van der Waals surface area contributed by atoms with Crippen LogP contribution in [0, 0.1) is 0 Å². The number of nitrogens with two attached hydrogens (primary N) is 1. The second kappa shape index (κ2) is 4.55. The average molecular weight is 221 g/mol. The minimum Gasteiger partial charge on any atom is -0.487 e. The maximum absolute atomic E-state index is 9.31. The van der Waals surface area contributed by atoms with Gasteiger partial charge >= 0.3 is 0 Å². The molecule has 1 atom stereocenters. The summed E-state index contributed by atoms with van der Waals surface area (Å²) in [6.07, 6.45) is 0.0619. The Morgan fingerprint density at radius 2 is 2.38 bits per heavy atom. The van der Waals surface area contributed by atoms with Crippen molar-refractivity contribution in [2.45, 2.75) is 12.5 Å². The lowest BCUT2D eigenvalue weighted by Crippen LogP contribution is -2.26. The maximum Gasteiger partial charge on any atom is 0.172 e. The number of aliphatic hydroxyl groups is 1. The molecule has 1 unspecified atom stereocenters. The number of rotatable bonds is 4. The Morgan fingerprint density at radius 3 is 3.12 bits per heavy atom. The van der Waals surface area contributed by atoms with Crippen LogP contribution < -0.4 is 15.2 Å². The summed E-state index contributed by atoms with van der Waals surface area (Å²) < 4.78 is 10.9. The minimum absolute atomic E-state index is 0.169. The molecule has 1 aromatic rings. The highest BCUT2D eigenvalue weighted by atomic mass is 16.5. The van der Waals surface area contributed by atoms with Crippen LogP contribution in [0.15, 0.2) is 30.5 Å². The molecule has 0 radical (unpaired) electrons. The van der Waals surface area contributed by atoms with Crippen molar-refractivity contribution in [3.05, 3.63) is 36.1 Å². The second-order valence-electron chi connectivity index (χ2n) is 3.76. The third kappa shape index (κ3) is 2.18. The molecule has 0 spiro atoms. The monoisotopic (exact) mass is 221 g/mol. The molecule has 0 saturated carbocycles. The van der Waals surface area contributed by atoms with Crippen molar-refractivity contribution in [2.75, 3.05) is 13.2 Å². The van der Waals surface area contributed by atoms with Crippen LogP contribution in [-0.2, 0) is 6.42 Å². The van der Waals surface area contributed by atoms with Crippen LogP contribution in [0.1, 0.15) is 5.56 Å². The number of para-hydroxylation sites is 1. The van der Waals surface area contributed by atoms with E-state index in [0.717, 1.165) is 5.56 Å². The van der Waals surface area contributed by atoms with Gasteiger partial charge in [0.05, 0.1) is 0 Å². The quantitative estimate of drug-likeness (QED) is 0.790.